The summed E-state index contributed by atoms with van der Waals surface area (Å²) in [6.45, 7) is 5.36. The van der Waals surface area contributed by atoms with Crippen LogP contribution in [0.5, 0.6) is 0 Å². The highest BCUT2D eigenvalue weighted by molar-refractivity contribution is 5.81. The number of carboxylic acids is 1. The summed E-state index contributed by atoms with van der Waals surface area (Å²) in [7, 11) is 0. The average molecular weight is 259 g/mol. The number of amides is 1. The van der Waals surface area contributed by atoms with Crippen LogP contribution < -0.4 is 0 Å². The van der Waals surface area contributed by atoms with Gasteiger partial charge in [0.15, 0.2) is 0 Å². The molecule has 18 heavy (non-hydrogen) atoms. The van der Waals surface area contributed by atoms with Gasteiger partial charge in [-0.2, -0.15) is 0 Å². The third-order valence-corrected chi connectivity index (χ3v) is 2.42. The standard InChI is InChI=1S/C11H17NO6/c1-11(2,3)18-10(16)12-5-7(17-6-13)4-8(12)9(14)15/h6-8H,4-5H2,1-3H3,(H,14,15)/t7-,8+/m1/s1. The van der Waals surface area contributed by atoms with E-state index in [0.717, 1.165) is 4.90 Å². The third kappa shape index (κ3) is 3.61. The minimum Gasteiger partial charge on any atom is -0.480 e. The molecular weight excluding hydrogens is 242 g/mol. The Labute approximate surface area is 105 Å². The van der Waals surface area contributed by atoms with E-state index in [1.807, 2.05) is 0 Å². The first kappa shape index (κ1) is 14.3. The largest absolute Gasteiger partial charge is 0.480 e. The molecule has 102 valence electrons. The van der Waals surface area contributed by atoms with Crippen molar-refractivity contribution >= 4 is 18.5 Å². The highest BCUT2D eigenvalue weighted by Crippen LogP contribution is 2.23. The van der Waals surface area contributed by atoms with Crippen molar-refractivity contribution in [2.45, 2.75) is 44.9 Å². The summed E-state index contributed by atoms with van der Waals surface area (Å²) < 4.78 is 9.81. The van der Waals surface area contributed by atoms with Crippen molar-refractivity contribution in [3.63, 3.8) is 0 Å². The lowest BCUT2D eigenvalue weighted by Crippen LogP contribution is -2.43. The molecule has 1 heterocycles. The minimum atomic E-state index is -1.14. The molecule has 1 amide bonds. The molecule has 1 rings (SSSR count). The smallest absolute Gasteiger partial charge is 0.411 e. The van der Waals surface area contributed by atoms with E-state index in [9.17, 15) is 14.4 Å². The molecule has 1 fully saturated rings. The predicted molar refractivity (Wildman–Crippen MR) is 59.9 cm³/mol. The molecule has 1 saturated heterocycles. The first-order chi connectivity index (χ1) is 8.24. The zero-order chi connectivity index (χ0) is 13.9. The fraction of sp³-hybridized carbons (Fsp3) is 0.727. The van der Waals surface area contributed by atoms with Crippen molar-refractivity contribution in [1.82, 2.24) is 4.90 Å². The minimum absolute atomic E-state index is 0.0324. The van der Waals surface area contributed by atoms with Crippen molar-refractivity contribution in [2.24, 2.45) is 0 Å². The fourth-order valence-electron chi connectivity index (χ4n) is 1.73. The van der Waals surface area contributed by atoms with Crippen LogP contribution in [0.15, 0.2) is 0 Å². The van der Waals surface area contributed by atoms with Crippen LogP contribution in [0.2, 0.25) is 0 Å². The van der Waals surface area contributed by atoms with E-state index >= 15 is 0 Å². The van der Waals surface area contributed by atoms with Crippen LogP contribution in [0.25, 0.3) is 0 Å². The van der Waals surface area contributed by atoms with Crippen molar-refractivity contribution in [3.05, 3.63) is 0 Å². The molecule has 1 aliphatic heterocycles. The Kier molecular flexibility index (Phi) is 4.15. The van der Waals surface area contributed by atoms with Gasteiger partial charge in [0.25, 0.3) is 6.47 Å². The van der Waals surface area contributed by atoms with Gasteiger partial charge in [-0.3, -0.25) is 9.69 Å². The van der Waals surface area contributed by atoms with Crippen LogP contribution in [0.4, 0.5) is 4.79 Å². The Morgan fingerprint density at radius 3 is 2.44 bits per heavy atom. The molecule has 0 bridgehead atoms. The Hall–Kier alpha value is -1.79. The first-order valence-electron chi connectivity index (χ1n) is 5.56. The number of hydrogen-bond acceptors (Lipinski definition) is 5. The van der Waals surface area contributed by atoms with Crippen molar-refractivity contribution in [1.29, 1.82) is 0 Å². The molecule has 0 saturated carbocycles. The van der Waals surface area contributed by atoms with E-state index in [-0.39, 0.29) is 19.4 Å². The van der Waals surface area contributed by atoms with Crippen LogP contribution in [-0.2, 0) is 19.1 Å². The quantitative estimate of drug-likeness (QED) is 0.747. The molecular formula is C11H17NO6. The maximum atomic E-state index is 11.8. The van der Waals surface area contributed by atoms with Crippen LogP contribution >= 0.6 is 0 Å². The molecule has 0 aromatic heterocycles. The molecule has 0 aromatic carbocycles. The summed E-state index contributed by atoms with van der Waals surface area (Å²) in [4.78, 5) is 34.2. The summed E-state index contributed by atoms with van der Waals surface area (Å²) >= 11 is 0. The average Bonchev–Trinajstić information content (AvgIpc) is 2.59. The number of likely N-dealkylation sites (tertiary alicyclic amines) is 1. The maximum Gasteiger partial charge on any atom is 0.411 e. The van der Waals surface area contributed by atoms with E-state index in [1.165, 1.54) is 0 Å². The number of hydrogen-bond donors (Lipinski definition) is 1. The highest BCUT2D eigenvalue weighted by Gasteiger charge is 2.42. The van der Waals surface area contributed by atoms with Gasteiger partial charge in [-0.15, -0.1) is 0 Å². The van der Waals surface area contributed by atoms with E-state index in [4.69, 9.17) is 14.6 Å². The second-order valence-corrected chi connectivity index (χ2v) is 5.08. The molecule has 0 radical (unpaired) electrons. The van der Waals surface area contributed by atoms with Crippen LogP contribution in [-0.4, -0.2) is 52.8 Å². The zero-order valence-electron chi connectivity index (χ0n) is 10.6. The number of aliphatic carboxylic acids is 1. The van der Waals surface area contributed by atoms with Crippen LogP contribution in [0, 0.1) is 0 Å². The van der Waals surface area contributed by atoms with Gasteiger partial charge in [0, 0.05) is 6.42 Å². The fourth-order valence-corrected chi connectivity index (χ4v) is 1.73. The molecule has 7 nitrogen and oxygen atoms in total. The number of nitrogens with zero attached hydrogens (tertiary/aromatic N) is 1. The number of carbonyl (C=O) groups excluding carboxylic acids is 2. The molecule has 0 aliphatic carbocycles. The van der Waals surface area contributed by atoms with E-state index < -0.39 is 29.8 Å². The van der Waals surface area contributed by atoms with Gasteiger partial charge < -0.3 is 14.6 Å². The Balaban J connectivity index is 2.75. The second-order valence-electron chi connectivity index (χ2n) is 5.08. The monoisotopic (exact) mass is 259 g/mol. The van der Waals surface area contributed by atoms with Gasteiger partial charge in [-0.1, -0.05) is 0 Å². The molecule has 1 N–H and O–H groups in total. The highest BCUT2D eigenvalue weighted by atomic mass is 16.6. The Morgan fingerprint density at radius 2 is 2.00 bits per heavy atom. The van der Waals surface area contributed by atoms with Crippen molar-refractivity contribution < 1.29 is 29.0 Å². The number of carboxylic acid groups (broad SMARTS) is 1. The summed E-state index contributed by atoms with van der Waals surface area (Å²) in [5, 5.41) is 9.02. The van der Waals surface area contributed by atoms with Crippen LogP contribution in [0.3, 0.4) is 0 Å². The van der Waals surface area contributed by atoms with Gasteiger partial charge in [-0.25, -0.2) is 9.59 Å². The zero-order valence-corrected chi connectivity index (χ0v) is 10.6. The lowest BCUT2D eigenvalue weighted by atomic mass is 10.2. The van der Waals surface area contributed by atoms with Crippen molar-refractivity contribution in [3.8, 4) is 0 Å². The number of rotatable bonds is 3. The topological polar surface area (TPSA) is 93.1 Å². The molecule has 1 aliphatic rings. The molecule has 7 heteroatoms. The van der Waals surface area contributed by atoms with Gasteiger partial charge in [0.05, 0.1) is 6.54 Å². The lowest BCUT2D eigenvalue weighted by Gasteiger charge is -2.26. The van der Waals surface area contributed by atoms with Gasteiger partial charge in [-0.05, 0) is 20.8 Å². The van der Waals surface area contributed by atoms with E-state index in [2.05, 4.69) is 0 Å². The van der Waals surface area contributed by atoms with Crippen LogP contribution in [0.1, 0.15) is 27.2 Å². The third-order valence-electron chi connectivity index (χ3n) is 2.42. The Bertz CT molecular complexity index is 348. The normalized spacial score (nSPS) is 23.6. The van der Waals surface area contributed by atoms with Gasteiger partial charge >= 0.3 is 12.1 Å². The first-order valence-corrected chi connectivity index (χ1v) is 5.56. The second kappa shape index (κ2) is 5.24. The summed E-state index contributed by atoms with van der Waals surface area (Å²) in [5.74, 6) is -1.14. The summed E-state index contributed by atoms with van der Waals surface area (Å²) in [6, 6.07) is -1.02. The molecule has 0 aromatic rings. The predicted octanol–water partition coefficient (Wildman–Crippen LogP) is 0.622. The maximum absolute atomic E-state index is 11.8. The van der Waals surface area contributed by atoms with E-state index in [0.29, 0.717) is 0 Å². The molecule has 2 atom stereocenters. The molecule has 0 spiro atoms. The number of carbonyl (C=O) groups is 3. The number of ether oxygens (including phenoxy) is 2. The summed E-state index contributed by atoms with van der Waals surface area (Å²) in [5.41, 5.74) is -0.705. The SMILES string of the molecule is CC(C)(C)OC(=O)N1C[C@H](OC=O)C[C@H]1C(=O)O. The molecule has 0 unspecified atom stereocenters. The van der Waals surface area contributed by atoms with Crippen molar-refractivity contribution in [2.75, 3.05) is 6.54 Å². The van der Waals surface area contributed by atoms with Gasteiger partial charge in [0.2, 0.25) is 0 Å². The summed E-state index contributed by atoms with van der Waals surface area (Å²) in [6.07, 6.45) is -1.24. The van der Waals surface area contributed by atoms with E-state index in [1.54, 1.807) is 20.8 Å². The van der Waals surface area contributed by atoms with Gasteiger partial charge in [0.1, 0.15) is 17.7 Å². The lowest BCUT2D eigenvalue weighted by molar-refractivity contribution is -0.142. The Morgan fingerprint density at radius 1 is 1.39 bits per heavy atom.